The standard InChI is InChI=1S/3C6H5ClO.O.V/c3*7-5-1-3-6(8)4-2-5;;/h3*1-4,8H;;. The van der Waals surface area contributed by atoms with E-state index in [1.54, 1.807) is 72.8 Å². The van der Waals surface area contributed by atoms with Crippen LogP contribution in [0.15, 0.2) is 72.8 Å². The van der Waals surface area contributed by atoms with Gasteiger partial charge < -0.3 is 15.3 Å². The fraction of sp³-hybridized carbons (Fsp3) is 0. The van der Waals surface area contributed by atoms with Crippen molar-refractivity contribution in [1.82, 2.24) is 0 Å². The van der Waals surface area contributed by atoms with Crippen LogP contribution in [-0.4, -0.2) is 15.3 Å². The van der Waals surface area contributed by atoms with Crippen molar-refractivity contribution >= 4 is 34.8 Å². The van der Waals surface area contributed by atoms with Crippen molar-refractivity contribution < 1.29 is 36.4 Å². The van der Waals surface area contributed by atoms with Crippen LogP contribution in [0.25, 0.3) is 0 Å². The summed E-state index contributed by atoms with van der Waals surface area (Å²) in [7, 11) is 0. The molecule has 4 nitrogen and oxygen atoms in total. The topological polar surface area (TPSA) is 77.8 Å². The van der Waals surface area contributed by atoms with E-state index < -0.39 is 0 Å². The van der Waals surface area contributed by atoms with Crippen LogP contribution < -0.4 is 0 Å². The molecule has 0 spiro atoms. The zero-order valence-corrected chi connectivity index (χ0v) is 16.9. The molecule has 0 saturated heterocycles. The number of hydrogen-bond donors (Lipinski definition) is 3. The van der Waals surface area contributed by atoms with Crippen LogP contribution in [-0.2, 0) is 21.0 Å². The Labute approximate surface area is 175 Å². The first-order valence-corrected chi connectivity index (χ1v) is 8.59. The molecular formula is C18H15Cl3O4V. The second-order valence-corrected chi connectivity index (χ2v) is 5.74. The molecule has 137 valence electrons. The summed E-state index contributed by atoms with van der Waals surface area (Å²) in [6.45, 7) is 0. The first kappa shape index (κ1) is 24.3. The first-order chi connectivity index (χ1) is 12.4. The molecule has 3 N–H and O–H groups in total. The van der Waals surface area contributed by atoms with E-state index in [0.717, 1.165) is 17.4 Å². The summed E-state index contributed by atoms with van der Waals surface area (Å²) < 4.78 is 8.19. The second-order valence-electron chi connectivity index (χ2n) is 4.43. The van der Waals surface area contributed by atoms with Crippen LogP contribution >= 0.6 is 34.8 Å². The number of rotatable bonds is 0. The van der Waals surface area contributed by atoms with Gasteiger partial charge in [0.25, 0.3) is 0 Å². The molecular weight excluding hydrogens is 437 g/mol. The summed E-state index contributed by atoms with van der Waals surface area (Å²) in [6, 6.07) is 19.1. The quantitative estimate of drug-likeness (QED) is 0.390. The van der Waals surface area contributed by atoms with Gasteiger partial charge in [-0.25, -0.2) is 0 Å². The summed E-state index contributed by atoms with van der Waals surface area (Å²) in [5.41, 5.74) is 0. The molecule has 0 heterocycles. The third-order valence-corrected chi connectivity index (χ3v) is 3.24. The number of phenolic OH excluding ortho intramolecular Hbond substituents is 3. The van der Waals surface area contributed by atoms with Crippen molar-refractivity contribution in [1.29, 1.82) is 0 Å². The fourth-order valence-electron chi connectivity index (χ4n) is 1.32. The van der Waals surface area contributed by atoms with Crippen molar-refractivity contribution in [2.45, 2.75) is 0 Å². The molecule has 0 radical (unpaired) electrons. The molecule has 0 atom stereocenters. The number of benzene rings is 3. The molecule has 3 aromatic carbocycles. The van der Waals surface area contributed by atoms with Gasteiger partial charge in [-0.05, 0) is 72.8 Å². The molecule has 3 rings (SSSR count). The predicted molar refractivity (Wildman–Crippen MR) is 100 cm³/mol. The van der Waals surface area contributed by atoms with Crippen LogP contribution in [0.1, 0.15) is 0 Å². The van der Waals surface area contributed by atoms with Crippen molar-refractivity contribution in [2.24, 2.45) is 0 Å². The molecule has 0 aromatic heterocycles. The van der Waals surface area contributed by atoms with E-state index in [1.165, 1.54) is 0 Å². The van der Waals surface area contributed by atoms with Gasteiger partial charge in [-0.3, -0.25) is 0 Å². The molecule has 0 bridgehead atoms. The van der Waals surface area contributed by atoms with Crippen LogP contribution in [0.4, 0.5) is 0 Å². The molecule has 3 aromatic rings. The molecule has 0 saturated carbocycles. The maximum absolute atomic E-state index is 8.70. The molecule has 0 unspecified atom stereocenters. The number of aromatic hydroxyl groups is 3. The van der Waals surface area contributed by atoms with E-state index in [0.29, 0.717) is 15.1 Å². The van der Waals surface area contributed by atoms with Gasteiger partial charge in [0.05, 0.1) is 0 Å². The Morgan fingerprint density at radius 3 is 0.731 bits per heavy atom. The van der Waals surface area contributed by atoms with E-state index in [2.05, 4.69) is 0 Å². The van der Waals surface area contributed by atoms with Gasteiger partial charge in [-0.2, -0.15) is 0 Å². The van der Waals surface area contributed by atoms with Gasteiger partial charge in [-0.1, -0.05) is 34.8 Å². The Hall–Kier alpha value is -1.69. The average molecular weight is 453 g/mol. The van der Waals surface area contributed by atoms with Crippen molar-refractivity contribution in [2.75, 3.05) is 0 Å². The summed E-state index contributed by atoms with van der Waals surface area (Å²) >= 11 is 17.6. The molecule has 0 fully saturated rings. The van der Waals surface area contributed by atoms with Crippen molar-refractivity contribution in [3.63, 3.8) is 0 Å². The third-order valence-electron chi connectivity index (χ3n) is 2.48. The van der Waals surface area contributed by atoms with Crippen LogP contribution in [0, 0.1) is 0 Å². The van der Waals surface area contributed by atoms with E-state index in [9.17, 15) is 0 Å². The van der Waals surface area contributed by atoms with Gasteiger partial charge in [-0.15, -0.1) is 0 Å². The van der Waals surface area contributed by atoms with Crippen molar-refractivity contribution in [3.8, 4) is 17.2 Å². The van der Waals surface area contributed by atoms with E-state index in [1.807, 2.05) is 0 Å². The third kappa shape index (κ3) is 12.6. The van der Waals surface area contributed by atoms with Gasteiger partial charge in [0.2, 0.25) is 0 Å². The van der Waals surface area contributed by atoms with Crippen LogP contribution in [0.5, 0.6) is 17.2 Å². The molecule has 0 aliphatic heterocycles. The number of halogens is 3. The van der Waals surface area contributed by atoms with Crippen molar-refractivity contribution in [3.05, 3.63) is 87.9 Å². The monoisotopic (exact) mass is 451 g/mol. The van der Waals surface area contributed by atoms with E-state index in [4.69, 9.17) is 53.8 Å². The SMILES string of the molecule is Oc1ccc(Cl)cc1.Oc1ccc(Cl)cc1.Oc1ccc(Cl)cc1.[O]=[V]. The molecule has 26 heavy (non-hydrogen) atoms. The Bertz CT molecular complexity index is 569. The van der Waals surface area contributed by atoms with Gasteiger partial charge in [0, 0.05) is 15.1 Å². The summed E-state index contributed by atoms with van der Waals surface area (Å²) in [4.78, 5) is 0. The summed E-state index contributed by atoms with van der Waals surface area (Å²) in [6.07, 6.45) is 0. The van der Waals surface area contributed by atoms with Crippen LogP contribution in [0.2, 0.25) is 15.1 Å². The van der Waals surface area contributed by atoms with Crippen LogP contribution in [0.3, 0.4) is 0 Å². The summed E-state index contributed by atoms with van der Waals surface area (Å²) in [5, 5.41) is 28.0. The predicted octanol–water partition coefficient (Wildman–Crippen LogP) is 6.02. The van der Waals surface area contributed by atoms with E-state index >= 15 is 0 Å². The number of phenols is 3. The zero-order valence-electron chi connectivity index (χ0n) is 13.3. The second kappa shape index (κ2) is 14.5. The average Bonchev–Trinajstić information content (AvgIpc) is 2.65. The van der Waals surface area contributed by atoms with Gasteiger partial charge in [0.15, 0.2) is 0 Å². The minimum atomic E-state index is 0.245. The summed E-state index contributed by atoms with van der Waals surface area (Å²) in [5.74, 6) is 0.734. The Morgan fingerprint density at radius 1 is 0.462 bits per heavy atom. The van der Waals surface area contributed by atoms with Gasteiger partial charge in [0.1, 0.15) is 17.2 Å². The molecule has 0 aliphatic rings. The fourth-order valence-corrected chi connectivity index (χ4v) is 1.70. The normalized spacial score (nSPS) is 8.54. The number of hydrogen-bond acceptors (Lipinski definition) is 4. The Kier molecular flexibility index (Phi) is 13.5. The molecule has 8 heteroatoms. The first-order valence-electron chi connectivity index (χ1n) is 6.88. The molecule has 0 aliphatic carbocycles. The molecule has 0 amide bonds. The zero-order chi connectivity index (χ0) is 19.9. The Balaban J connectivity index is 0.000000344. The maximum atomic E-state index is 8.70. The Morgan fingerprint density at radius 2 is 0.615 bits per heavy atom. The van der Waals surface area contributed by atoms with Gasteiger partial charge >= 0.3 is 21.0 Å². The minimum absolute atomic E-state index is 0.245. The van der Waals surface area contributed by atoms with E-state index in [-0.39, 0.29) is 17.2 Å².